The van der Waals surface area contributed by atoms with E-state index in [0.717, 1.165) is 34.6 Å². The first kappa shape index (κ1) is 20.9. The number of rotatable bonds is 4. The summed E-state index contributed by atoms with van der Waals surface area (Å²) in [4.78, 5) is 34.1. The minimum atomic E-state index is -0.388. The van der Waals surface area contributed by atoms with Gasteiger partial charge in [0.15, 0.2) is 10.9 Å². The largest absolute Gasteiger partial charge is 0.343 e. The van der Waals surface area contributed by atoms with Gasteiger partial charge in [-0.05, 0) is 30.2 Å². The van der Waals surface area contributed by atoms with Crippen LogP contribution in [0, 0.1) is 18.3 Å². The summed E-state index contributed by atoms with van der Waals surface area (Å²) in [5, 5.41) is 4.00. The molecular formula is C24H29N3O2S. The van der Waals surface area contributed by atoms with Gasteiger partial charge in [-0.1, -0.05) is 69.3 Å². The molecule has 0 saturated carbocycles. The zero-order valence-corrected chi connectivity index (χ0v) is 19.1. The number of ketones is 1. The second kappa shape index (κ2) is 7.73. The fraction of sp³-hybridized carbons (Fsp3) is 0.458. The standard InChI is InChI=1S/C24H29N3O2S/c1-13(2)12-30-23-26-21-20(22(29)27-23)18(15-8-6-14(3)7-9-15)19-16(25-21)10-24(4,5)11-17(19)28/h6-9,13,18H,10-12H2,1-5H3,(H2,25,26,27,29)/t18-/m0/s1. The quantitative estimate of drug-likeness (QED) is 0.533. The normalized spacial score (nSPS) is 20.1. The predicted octanol–water partition coefficient (Wildman–Crippen LogP) is 5.03. The van der Waals surface area contributed by atoms with E-state index >= 15 is 0 Å². The first-order chi connectivity index (χ1) is 14.1. The average Bonchev–Trinajstić information content (AvgIpc) is 2.64. The highest BCUT2D eigenvalue weighted by molar-refractivity contribution is 7.99. The number of fused-ring (bicyclic) bond motifs is 1. The maximum Gasteiger partial charge on any atom is 0.257 e. The van der Waals surface area contributed by atoms with E-state index in [0.29, 0.717) is 28.9 Å². The number of nitrogens with zero attached hydrogens (tertiary/aromatic N) is 1. The first-order valence-corrected chi connectivity index (χ1v) is 11.5. The molecule has 0 amide bonds. The molecule has 0 radical (unpaired) electrons. The number of aromatic amines is 1. The van der Waals surface area contributed by atoms with Crippen molar-refractivity contribution in [3.05, 3.63) is 62.6 Å². The van der Waals surface area contributed by atoms with Crippen LogP contribution in [-0.2, 0) is 4.79 Å². The van der Waals surface area contributed by atoms with E-state index in [1.54, 1.807) is 11.8 Å². The van der Waals surface area contributed by atoms with Crippen molar-refractivity contribution in [3.8, 4) is 0 Å². The second-order valence-corrected chi connectivity index (χ2v) is 10.6. The van der Waals surface area contributed by atoms with Gasteiger partial charge in [0.25, 0.3) is 5.56 Å². The topological polar surface area (TPSA) is 74.8 Å². The molecule has 158 valence electrons. The van der Waals surface area contributed by atoms with Crippen molar-refractivity contribution in [2.75, 3.05) is 11.1 Å². The number of hydrogen-bond acceptors (Lipinski definition) is 5. The Hall–Kier alpha value is -2.34. The van der Waals surface area contributed by atoms with Crippen molar-refractivity contribution < 1.29 is 4.79 Å². The van der Waals surface area contributed by atoms with E-state index in [1.807, 2.05) is 31.2 Å². The van der Waals surface area contributed by atoms with E-state index in [-0.39, 0.29) is 22.7 Å². The number of nitrogens with one attached hydrogen (secondary N) is 2. The lowest BCUT2D eigenvalue weighted by molar-refractivity contribution is -0.118. The number of carbonyl (C=O) groups is 1. The van der Waals surface area contributed by atoms with E-state index in [2.05, 4.69) is 38.0 Å². The molecule has 2 N–H and O–H groups in total. The minimum absolute atomic E-state index is 0.114. The number of carbonyl (C=O) groups excluding carboxylic acids is 1. The van der Waals surface area contributed by atoms with Gasteiger partial charge < -0.3 is 10.3 Å². The van der Waals surface area contributed by atoms with Crippen LogP contribution >= 0.6 is 11.8 Å². The SMILES string of the molecule is Cc1ccc([C@H]2C3=C(CC(C)(C)CC3=O)Nc3nc(SCC(C)C)[nH]c(=O)c32)cc1. The smallest absolute Gasteiger partial charge is 0.257 e. The number of Topliss-reactive ketones (excluding diaryl/α,β-unsaturated/α-hetero) is 1. The molecular weight excluding hydrogens is 394 g/mol. The van der Waals surface area contributed by atoms with Crippen LogP contribution < -0.4 is 10.9 Å². The van der Waals surface area contributed by atoms with Gasteiger partial charge in [-0.3, -0.25) is 9.59 Å². The van der Waals surface area contributed by atoms with Crippen molar-refractivity contribution in [2.45, 2.75) is 58.5 Å². The van der Waals surface area contributed by atoms with Crippen LogP contribution in [0.2, 0.25) is 0 Å². The molecule has 1 aliphatic carbocycles. The lowest BCUT2D eigenvalue weighted by atomic mass is 9.69. The lowest BCUT2D eigenvalue weighted by Gasteiger charge is -2.38. The van der Waals surface area contributed by atoms with Crippen LogP contribution in [0.15, 0.2) is 45.5 Å². The van der Waals surface area contributed by atoms with E-state index in [9.17, 15) is 9.59 Å². The van der Waals surface area contributed by atoms with Crippen LogP contribution in [0.5, 0.6) is 0 Å². The molecule has 5 nitrogen and oxygen atoms in total. The molecule has 0 spiro atoms. The molecule has 1 aliphatic heterocycles. The molecule has 4 rings (SSSR count). The molecule has 0 saturated heterocycles. The third kappa shape index (κ3) is 3.97. The summed E-state index contributed by atoms with van der Waals surface area (Å²) in [6.45, 7) is 10.5. The van der Waals surface area contributed by atoms with Gasteiger partial charge in [-0.15, -0.1) is 0 Å². The number of thioether (sulfide) groups is 1. The van der Waals surface area contributed by atoms with Gasteiger partial charge in [0.2, 0.25) is 0 Å². The van der Waals surface area contributed by atoms with Gasteiger partial charge in [0, 0.05) is 29.4 Å². The molecule has 1 aromatic heterocycles. The Morgan fingerprint density at radius 2 is 1.87 bits per heavy atom. The van der Waals surface area contributed by atoms with Crippen LogP contribution in [0.25, 0.3) is 0 Å². The highest BCUT2D eigenvalue weighted by Crippen LogP contribution is 2.47. The summed E-state index contributed by atoms with van der Waals surface area (Å²) in [5.41, 5.74) is 3.99. The summed E-state index contributed by atoms with van der Waals surface area (Å²) in [6.07, 6.45) is 1.25. The molecule has 2 aliphatic rings. The fourth-order valence-electron chi connectivity index (χ4n) is 4.30. The van der Waals surface area contributed by atoms with Crippen LogP contribution in [-0.4, -0.2) is 21.5 Å². The molecule has 0 fully saturated rings. The maximum atomic E-state index is 13.2. The highest BCUT2D eigenvalue weighted by atomic mass is 32.2. The summed E-state index contributed by atoms with van der Waals surface area (Å²) in [5.74, 6) is 1.68. The van der Waals surface area contributed by atoms with Crippen LogP contribution in [0.4, 0.5) is 5.82 Å². The summed E-state index contributed by atoms with van der Waals surface area (Å²) in [6, 6.07) is 8.10. The van der Waals surface area contributed by atoms with Gasteiger partial charge in [-0.2, -0.15) is 0 Å². The van der Waals surface area contributed by atoms with Crippen LogP contribution in [0.3, 0.4) is 0 Å². The van der Waals surface area contributed by atoms with E-state index in [1.165, 1.54) is 0 Å². The van der Waals surface area contributed by atoms with Crippen molar-refractivity contribution in [1.29, 1.82) is 0 Å². The van der Waals surface area contributed by atoms with Crippen molar-refractivity contribution in [1.82, 2.24) is 9.97 Å². The predicted molar refractivity (Wildman–Crippen MR) is 122 cm³/mol. The summed E-state index contributed by atoms with van der Waals surface area (Å²) >= 11 is 1.55. The number of anilines is 1. The Balaban J connectivity index is 1.88. The first-order valence-electron chi connectivity index (χ1n) is 10.5. The second-order valence-electron chi connectivity index (χ2n) is 9.64. The third-order valence-corrected chi connectivity index (χ3v) is 6.96. The molecule has 1 atom stereocenters. The number of H-pyrrole nitrogens is 1. The fourth-order valence-corrected chi connectivity index (χ4v) is 5.11. The van der Waals surface area contributed by atoms with Gasteiger partial charge >= 0.3 is 0 Å². The van der Waals surface area contributed by atoms with Crippen molar-refractivity contribution >= 4 is 23.4 Å². The molecule has 2 heterocycles. The van der Waals surface area contributed by atoms with Gasteiger partial charge in [0.05, 0.1) is 5.56 Å². The van der Waals surface area contributed by atoms with E-state index in [4.69, 9.17) is 4.98 Å². The molecule has 30 heavy (non-hydrogen) atoms. The number of benzene rings is 1. The van der Waals surface area contributed by atoms with Crippen LogP contribution in [0.1, 0.15) is 63.1 Å². The average molecular weight is 424 g/mol. The Kier molecular flexibility index (Phi) is 5.39. The molecule has 0 bridgehead atoms. The number of allylic oxidation sites excluding steroid dienone is 2. The van der Waals surface area contributed by atoms with Crippen molar-refractivity contribution in [3.63, 3.8) is 0 Å². The molecule has 0 unspecified atom stereocenters. The van der Waals surface area contributed by atoms with Gasteiger partial charge in [-0.25, -0.2) is 4.98 Å². The summed E-state index contributed by atoms with van der Waals surface area (Å²) in [7, 11) is 0. The Labute approximate surface area is 181 Å². The Morgan fingerprint density at radius 1 is 1.17 bits per heavy atom. The number of aromatic nitrogens is 2. The lowest BCUT2D eigenvalue weighted by Crippen LogP contribution is -2.37. The molecule has 1 aromatic carbocycles. The zero-order chi connectivity index (χ0) is 21.6. The van der Waals surface area contributed by atoms with Crippen molar-refractivity contribution in [2.24, 2.45) is 11.3 Å². The highest BCUT2D eigenvalue weighted by Gasteiger charge is 2.42. The van der Waals surface area contributed by atoms with Gasteiger partial charge in [0.1, 0.15) is 5.82 Å². The maximum absolute atomic E-state index is 13.2. The molecule has 6 heteroatoms. The Morgan fingerprint density at radius 3 is 2.53 bits per heavy atom. The molecule has 2 aromatic rings. The van der Waals surface area contributed by atoms with E-state index < -0.39 is 0 Å². The number of hydrogen-bond donors (Lipinski definition) is 2. The zero-order valence-electron chi connectivity index (χ0n) is 18.3. The number of aryl methyl sites for hydroxylation is 1. The minimum Gasteiger partial charge on any atom is -0.343 e. The Bertz CT molecular complexity index is 1080. The third-order valence-electron chi connectivity index (χ3n) is 5.66. The summed E-state index contributed by atoms with van der Waals surface area (Å²) < 4.78 is 0. The monoisotopic (exact) mass is 423 g/mol.